The summed E-state index contributed by atoms with van der Waals surface area (Å²) in [6, 6.07) is 75.2. The van der Waals surface area contributed by atoms with E-state index in [-0.39, 0.29) is 5.92 Å². The van der Waals surface area contributed by atoms with E-state index in [9.17, 15) is 0 Å². The fourth-order valence-corrected chi connectivity index (χ4v) is 9.00. The Hall–Kier alpha value is -7.16. The van der Waals surface area contributed by atoms with Gasteiger partial charge in [-0.15, -0.1) is 0 Å². The van der Waals surface area contributed by atoms with Gasteiger partial charge in [0.25, 0.3) is 0 Å². The first-order valence-corrected chi connectivity index (χ1v) is 19.9. The molecule has 270 valence electrons. The third-order valence-electron chi connectivity index (χ3n) is 11.9. The van der Waals surface area contributed by atoms with E-state index in [0.717, 1.165) is 45.9 Å². The van der Waals surface area contributed by atoms with Crippen LogP contribution in [0.2, 0.25) is 0 Å². The minimum atomic E-state index is 0.226. The molecule has 1 unspecified atom stereocenters. The first kappa shape index (κ1) is 33.2. The summed E-state index contributed by atoms with van der Waals surface area (Å²) >= 11 is 0. The summed E-state index contributed by atoms with van der Waals surface area (Å²) in [5.74, 6) is 0.226. The fourth-order valence-electron chi connectivity index (χ4n) is 9.00. The van der Waals surface area contributed by atoms with E-state index in [1.54, 1.807) is 0 Å². The number of para-hydroxylation sites is 4. The molecule has 1 atom stereocenters. The Labute approximate surface area is 331 Å². The van der Waals surface area contributed by atoms with E-state index < -0.39 is 0 Å². The zero-order valence-electron chi connectivity index (χ0n) is 31.5. The first-order valence-electron chi connectivity index (χ1n) is 19.9. The lowest BCUT2D eigenvalue weighted by Crippen LogP contribution is -2.04. The first-order chi connectivity index (χ1) is 28.2. The van der Waals surface area contributed by atoms with Gasteiger partial charge in [0.05, 0.1) is 11.0 Å². The normalized spacial score (nSPS) is 12.3. The van der Waals surface area contributed by atoms with Gasteiger partial charge >= 0.3 is 0 Å². The van der Waals surface area contributed by atoms with Gasteiger partial charge in [0.15, 0.2) is 0 Å². The van der Waals surface area contributed by atoms with E-state index in [1.807, 2.05) is 6.07 Å². The molecular formula is C55H39NO. The topological polar surface area (TPSA) is 18.1 Å². The second-order valence-electron chi connectivity index (χ2n) is 15.2. The largest absolute Gasteiger partial charge is 0.455 e. The summed E-state index contributed by atoms with van der Waals surface area (Å²) in [7, 11) is 0. The van der Waals surface area contributed by atoms with Crippen molar-refractivity contribution >= 4 is 54.5 Å². The highest BCUT2D eigenvalue weighted by molar-refractivity contribution is 6.10. The molecular weight excluding hydrogens is 691 g/mol. The van der Waals surface area contributed by atoms with Gasteiger partial charge in [-0.2, -0.15) is 0 Å². The molecule has 0 N–H and O–H groups in total. The summed E-state index contributed by atoms with van der Waals surface area (Å²) in [5, 5.41) is 7.40. The summed E-state index contributed by atoms with van der Waals surface area (Å²) in [6.45, 7) is 0. The van der Waals surface area contributed by atoms with E-state index in [4.69, 9.17) is 4.42 Å². The maximum Gasteiger partial charge on any atom is 0.143 e. The number of hydrogen-bond acceptors (Lipinski definition) is 1. The molecule has 11 rings (SSSR count). The van der Waals surface area contributed by atoms with Crippen molar-refractivity contribution in [3.63, 3.8) is 0 Å². The minimum absolute atomic E-state index is 0.226. The van der Waals surface area contributed by atoms with Crippen LogP contribution in [0.4, 0.5) is 0 Å². The predicted octanol–water partition coefficient (Wildman–Crippen LogP) is 14.9. The molecule has 57 heavy (non-hydrogen) atoms. The van der Waals surface area contributed by atoms with Gasteiger partial charge in [0.1, 0.15) is 11.2 Å². The molecule has 0 spiro atoms. The average Bonchev–Trinajstić information content (AvgIpc) is 3.83. The molecule has 0 fully saturated rings. The summed E-state index contributed by atoms with van der Waals surface area (Å²) < 4.78 is 8.81. The molecule has 0 aliphatic carbocycles. The van der Waals surface area contributed by atoms with Crippen molar-refractivity contribution in [2.45, 2.75) is 18.8 Å². The lowest BCUT2D eigenvalue weighted by molar-refractivity contribution is 0.670. The molecule has 0 bridgehead atoms. The number of aryl methyl sites for hydroxylation is 1. The number of nitrogens with zero attached hydrogens (tertiary/aromatic N) is 1. The van der Waals surface area contributed by atoms with E-state index in [1.165, 1.54) is 66.1 Å². The van der Waals surface area contributed by atoms with Crippen LogP contribution in [-0.2, 0) is 6.42 Å². The smallest absolute Gasteiger partial charge is 0.143 e. The third-order valence-corrected chi connectivity index (χ3v) is 11.9. The molecule has 2 nitrogen and oxygen atoms in total. The number of rotatable bonds is 8. The van der Waals surface area contributed by atoms with Crippen molar-refractivity contribution in [1.82, 2.24) is 4.57 Å². The second kappa shape index (κ2) is 13.8. The highest BCUT2D eigenvalue weighted by Crippen LogP contribution is 2.38. The van der Waals surface area contributed by atoms with Crippen molar-refractivity contribution in [3.8, 4) is 27.9 Å². The lowest BCUT2D eigenvalue weighted by Gasteiger charge is -2.20. The van der Waals surface area contributed by atoms with Crippen LogP contribution >= 0.6 is 0 Å². The number of aromatic nitrogens is 1. The highest BCUT2D eigenvalue weighted by atomic mass is 16.3. The van der Waals surface area contributed by atoms with Crippen LogP contribution in [0.15, 0.2) is 211 Å². The highest BCUT2D eigenvalue weighted by Gasteiger charge is 2.18. The van der Waals surface area contributed by atoms with Gasteiger partial charge in [0.2, 0.25) is 0 Å². The predicted molar refractivity (Wildman–Crippen MR) is 239 cm³/mol. The van der Waals surface area contributed by atoms with Gasteiger partial charge in [-0.05, 0) is 93.4 Å². The van der Waals surface area contributed by atoms with Crippen LogP contribution < -0.4 is 0 Å². The number of fused-ring (bicyclic) bond motifs is 7. The van der Waals surface area contributed by atoms with Crippen LogP contribution in [-0.4, -0.2) is 4.57 Å². The van der Waals surface area contributed by atoms with Crippen molar-refractivity contribution in [2.24, 2.45) is 0 Å². The van der Waals surface area contributed by atoms with Gasteiger partial charge in [-0.3, -0.25) is 0 Å². The third kappa shape index (κ3) is 5.89. The Morgan fingerprint density at radius 3 is 1.72 bits per heavy atom. The summed E-state index contributed by atoms with van der Waals surface area (Å²) in [4.78, 5) is 0. The summed E-state index contributed by atoms with van der Waals surface area (Å²) in [5.41, 5.74) is 14.3. The molecule has 0 aliphatic rings. The standard InChI is InChI=1S/C55H39NO/c1-2-11-43-36-44(32-25-38(43)10-1)39-23-26-40(27-24-39)46(41-28-30-42(31-29-41)47-15-9-16-51-50-14-5-8-19-54(50)57-55(47)51)35-22-37-20-33-45(34-21-37)56-52-17-6-3-12-48(52)49-13-4-7-18-53(49)56/h1-21,23-34,36,46H,22,35H2. The molecule has 0 saturated carbocycles. The minimum Gasteiger partial charge on any atom is -0.455 e. The zero-order valence-corrected chi connectivity index (χ0v) is 31.5. The summed E-state index contributed by atoms with van der Waals surface area (Å²) in [6.07, 6.45) is 1.95. The Morgan fingerprint density at radius 1 is 0.421 bits per heavy atom. The SMILES string of the molecule is c1ccc2cc(-c3ccc(C(CCc4ccc(-n5c6ccccc6c6ccccc65)cc4)c4ccc(-c5cccc6c5oc5ccccc56)cc4)cc3)ccc2c1. The Kier molecular flexibility index (Phi) is 8.07. The van der Waals surface area contributed by atoms with E-state index in [0.29, 0.717) is 0 Å². The molecule has 0 radical (unpaired) electrons. The number of hydrogen-bond donors (Lipinski definition) is 0. The average molecular weight is 730 g/mol. The quantitative estimate of drug-likeness (QED) is 0.152. The fraction of sp³-hybridized carbons (Fsp3) is 0.0545. The molecule has 0 amide bonds. The molecule has 9 aromatic carbocycles. The monoisotopic (exact) mass is 729 g/mol. The second-order valence-corrected chi connectivity index (χ2v) is 15.2. The van der Waals surface area contributed by atoms with E-state index >= 15 is 0 Å². The van der Waals surface area contributed by atoms with Crippen molar-refractivity contribution < 1.29 is 4.42 Å². The van der Waals surface area contributed by atoms with Crippen molar-refractivity contribution in [1.29, 1.82) is 0 Å². The molecule has 2 heterocycles. The van der Waals surface area contributed by atoms with Gasteiger partial charge in [-0.25, -0.2) is 0 Å². The number of furan rings is 1. The van der Waals surface area contributed by atoms with E-state index in [2.05, 4.69) is 205 Å². The molecule has 0 aliphatic heterocycles. The van der Waals surface area contributed by atoms with Gasteiger partial charge in [-0.1, -0.05) is 170 Å². The van der Waals surface area contributed by atoms with Crippen molar-refractivity contribution in [2.75, 3.05) is 0 Å². The Balaban J connectivity index is 0.923. The Morgan fingerprint density at radius 2 is 1.00 bits per heavy atom. The van der Waals surface area contributed by atoms with Crippen molar-refractivity contribution in [3.05, 3.63) is 223 Å². The van der Waals surface area contributed by atoms with Gasteiger partial charge in [0, 0.05) is 38.7 Å². The maximum atomic E-state index is 6.42. The van der Waals surface area contributed by atoms with Crippen LogP contribution in [0, 0.1) is 0 Å². The molecule has 2 heteroatoms. The molecule has 2 aromatic heterocycles. The zero-order chi connectivity index (χ0) is 37.7. The number of benzene rings is 9. The van der Waals surface area contributed by atoms with Crippen LogP contribution in [0.25, 0.3) is 82.5 Å². The van der Waals surface area contributed by atoms with Gasteiger partial charge < -0.3 is 8.98 Å². The molecule has 11 aromatic rings. The van der Waals surface area contributed by atoms with Crippen LogP contribution in [0.3, 0.4) is 0 Å². The maximum absolute atomic E-state index is 6.42. The molecule has 0 saturated heterocycles. The lowest BCUT2D eigenvalue weighted by atomic mass is 9.85. The Bertz CT molecular complexity index is 3170. The van der Waals surface area contributed by atoms with Crippen LogP contribution in [0.5, 0.6) is 0 Å². The van der Waals surface area contributed by atoms with Crippen LogP contribution in [0.1, 0.15) is 29.0 Å².